The highest BCUT2D eigenvalue weighted by atomic mass is 16.7. The molecule has 0 N–H and O–H groups in total. The van der Waals surface area contributed by atoms with Crippen LogP contribution in [0.5, 0.6) is 11.5 Å². The van der Waals surface area contributed by atoms with Crippen LogP contribution >= 0.6 is 0 Å². The Bertz CT molecular complexity index is 901. The molecule has 1 saturated heterocycles. The Labute approximate surface area is 190 Å². The minimum atomic E-state index is -0.491. The number of hydrogen-bond acceptors (Lipinski definition) is 5. The number of allylic oxidation sites excluding steroid dienone is 4. The summed E-state index contributed by atoms with van der Waals surface area (Å²) in [7, 11) is 1.64. The van der Waals surface area contributed by atoms with Gasteiger partial charge in [-0.3, -0.25) is 4.79 Å². The lowest BCUT2D eigenvalue weighted by molar-refractivity contribution is -0.249. The molecular formula is C27H32O5. The normalized spacial score (nSPS) is 21.5. The van der Waals surface area contributed by atoms with Crippen molar-refractivity contribution in [3.63, 3.8) is 0 Å². The van der Waals surface area contributed by atoms with Crippen molar-refractivity contribution >= 4 is 5.78 Å². The summed E-state index contributed by atoms with van der Waals surface area (Å²) in [6.07, 6.45) is 6.37. The summed E-state index contributed by atoms with van der Waals surface area (Å²) in [6, 6.07) is 17.4. The van der Waals surface area contributed by atoms with Gasteiger partial charge in [-0.2, -0.15) is 0 Å². The van der Waals surface area contributed by atoms with E-state index in [1.165, 1.54) is 0 Å². The SMILES string of the molecule is C/C=C(C)\C=C\C(=O)C[C@H]1C[C@@H](CCOc2ccc(OC)cc2)O[C@@H](c2ccccc2)O1. The first-order valence-electron chi connectivity index (χ1n) is 11.0. The molecule has 0 aromatic heterocycles. The molecule has 1 heterocycles. The Balaban J connectivity index is 1.60. The summed E-state index contributed by atoms with van der Waals surface area (Å²) < 4.78 is 23.4. The second-order valence-electron chi connectivity index (χ2n) is 7.84. The molecule has 3 rings (SSSR count). The van der Waals surface area contributed by atoms with Crippen LogP contribution < -0.4 is 9.47 Å². The number of ether oxygens (including phenoxy) is 4. The van der Waals surface area contributed by atoms with Crippen molar-refractivity contribution in [3.8, 4) is 11.5 Å². The lowest BCUT2D eigenvalue weighted by Crippen LogP contribution is -2.35. The number of ketones is 1. The maximum Gasteiger partial charge on any atom is 0.184 e. The number of hydrogen-bond donors (Lipinski definition) is 0. The predicted octanol–water partition coefficient (Wildman–Crippen LogP) is 5.82. The van der Waals surface area contributed by atoms with Gasteiger partial charge in [-0.05, 0) is 44.2 Å². The zero-order valence-electron chi connectivity index (χ0n) is 19.0. The van der Waals surface area contributed by atoms with Crippen molar-refractivity contribution in [2.45, 2.75) is 51.6 Å². The van der Waals surface area contributed by atoms with E-state index in [1.54, 1.807) is 13.2 Å². The molecule has 0 aliphatic carbocycles. The van der Waals surface area contributed by atoms with Gasteiger partial charge >= 0.3 is 0 Å². The zero-order chi connectivity index (χ0) is 22.8. The van der Waals surface area contributed by atoms with E-state index in [0.717, 1.165) is 22.6 Å². The predicted molar refractivity (Wildman–Crippen MR) is 125 cm³/mol. The second kappa shape index (κ2) is 12.2. The quantitative estimate of drug-likeness (QED) is 0.347. The van der Waals surface area contributed by atoms with Gasteiger partial charge in [-0.1, -0.05) is 48.1 Å². The lowest BCUT2D eigenvalue weighted by atomic mass is 10.0. The number of benzene rings is 2. The van der Waals surface area contributed by atoms with Crippen molar-refractivity contribution < 1.29 is 23.7 Å². The maximum absolute atomic E-state index is 12.5. The Morgan fingerprint density at radius 2 is 1.69 bits per heavy atom. The third-order valence-electron chi connectivity index (χ3n) is 5.41. The van der Waals surface area contributed by atoms with Crippen LogP contribution in [-0.2, 0) is 14.3 Å². The van der Waals surface area contributed by atoms with Crippen LogP contribution in [0.25, 0.3) is 0 Å². The van der Waals surface area contributed by atoms with Crippen LogP contribution in [-0.4, -0.2) is 31.7 Å². The van der Waals surface area contributed by atoms with Gasteiger partial charge in [-0.15, -0.1) is 0 Å². The Morgan fingerprint density at radius 1 is 1.00 bits per heavy atom. The molecule has 0 saturated carbocycles. The fourth-order valence-corrected chi connectivity index (χ4v) is 3.46. The molecule has 32 heavy (non-hydrogen) atoms. The molecule has 0 spiro atoms. The average Bonchev–Trinajstić information content (AvgIpc) is 2.83. The molecular weight excluding hydrogens is 404 g/mol. The van der Waals surface area contributed by atoms with Gasteiger partial charge in [0.25, 0.3) is 0 Å². The summed E-state index contributed by atoms with van der Waals surface area (Å²) in [4.78, 5) is 12.5. The monoisotopic (exact) mass is 436 g/mol. The van der Waals surface area contributed by atoms with Gasteiger partial charge in [0.2, 0.25) is 0 Å². The lowest BCUT2D eigenvalue weighted by Gasteiger charge is -2.35. The van der Waals surface area contributed by atoms with E-state index < -0.39 is 6.29 Å². The summed E-state index contributed by atoms with van der Waals surface area (Å²) in [5.74, 6) is 1.63. The van der Waals surface area contributed by atoms with Crippen molar-refractivity contribution in [2.75, 3.05) is 13.7 Å². The molecule has 3 atom stereocenters. The molecule has 1 aliphatic rings. The summed E-state index contributed by atoms with van der Waals surface area (Å²) >= 11 is 0. The Hall–Kier alpha value is -2.89. The molecule has 170 valence electrons. The third-order valence-corrected chi connectivity index (χ3v) is 5.41. The zero-order valence-corrected chi connectivity index (χ0v) is 19.0. The van der Waals surface area contributed by atoms with Gasteiger partial charge in [0.15, 0.2) is 12.1 Å². The van der Waals surface area contributed by atoms with Crippen molar-refractivity contribution in [3.05, 3.63) is 84.0 Å². The van der Waals surface area contributed by atoms with Gasteiger partial charge in [0.1, 0.15) is 11.5 Å². The van der Waals surface area contributed by atoms with Gasteiger partial charge < -0.3 is 18.9 Å². The van der Waals surface area contributed by atoms with Crippen LogP contribution in [0.15, 0.2) is 78.4 Å². The first kappa shape index (κ1) is 23.8. The molecule has 0 unspecified atom stereocenters. The Morgan fingerprint density at radius 3 is 2.38 bits per heavy atom. The highest BCUT2D eigenvalue weighted by Gasteiger charge is 2.31. The molecule has 5 heteroatoms. The van der Waals surface area contributed by atoms with Crippen LogP contribution in [0.1, 0.15) is 45.0 Å². The largest absolute Gasteiger partial charge is 0.497 e. The van der Waals surface area contributed by atoms with E-state index in [4.69, 9.17) is 18.9 Å². The summed E-state index contributed by atoms with van der Waals surface area (Å²) in [5, 5.41) is 0. The number of rotatable bonds is 10. The van der Waals surface area contributed by atoms with E-state index in [0.29, 0.717) is 25.9 Å². The minimum absolute atomic E-state index is 0.0538. The van der Waals surface area contributed by atoms with Gasteiger partial charge in [0, 0.05) is 24.8 Å². The first-order chi connectivity index (χ1) is 15.6. The molecule has 5 nitrogen and oxygen atoms in total. The fraction of sp³-hybridized carbons (Fsp3) is 0.370. The van der Waals surface area contributed by atoms with Gasteiger partial charge in [-0.25, -0.2) is 0 Å². The number of carbonyl (C=O) groups excluding carboxylic acids is 1. The highest BCUT2D eigenvalue weighted by Crippen LogP contribution is 2.32. The molecule has 2 aromatic carbocycles. The van der Waals surface area contributed by atoms with E-state index in [9.17, 15) is 4.79 Å². The smallest absolute Gasteiger partial charge is 0.184 e. The van der Waals surface area contributed by atoms with Crippen LogP contribution in [0.4, 0.5) is 0 Å². The number of carbonyl (C=O) groups is 1. The minimum Gasteiger partial charge on any atom is -0.497 e. The van der Waals surface area contributed by atoms with Crippen molar-refractivity contribution in [2.24, 2.45) is 0 Å². The van der Waals surface area contributed by atoms with Crippen molar-refractivity contribution in [1.82, 2.24) is 0 Å². The molecule has 1 aliphatic heterocycles. The van der Waals surface area contributed by atoms with Crippen LogP contribution in [0.2, 0.25) is 0 Å². The molecule has 0 radical (unpaired) electrons. The topological polar surface area (TPSA) is 54.0 Å². The highest BCUT2D eigenvalue weighted by molar-refractivity contribution is 5.90. The summed E-state index contributed by atoms with van der Waals surface area (Å²) in [6.45, 7) is 4.44. The second-order valence-corrected chi connectivity index (χ2v) is 7.84. The number of methoxy groups -OCH3 is 1. The van der Waals surface area contributed by atoms with Gasteiger partial charge in [0.05, 0.1) is 25.9 Å². The summed E-state index contributed by atoms with van der Waals surface area (Å²) in [5.41, 5.74) is 2.01. The molecule has 0 bridgehead atoms. The van der Waals surface area contributed by atoms with Crippen molar-refractivity contribution in [1.29, 1.82) is 0 Å². The van der Waals surface area contributed by atoms with Crippen LogP contribution in [0.3, 0.4) is 0 Å². The van der Waals surface area contributed by atoms with Crippen LogP contribution in [0, 0.1) is 0 Å². The maximum atomic E-state index is 12.5. The molecule has 2 aromatic rings. The van der Waals surface area contributed by atoms with E-state index >= 15 is 0 Å². The van der Waals surface area contributed by atoms with E-state index in [1.807, 2.05) is 80.6 Å². The fourth-order valence-electron chi connectivity index (χ4n) is 3.46. The van der Waals surface area contributed by atoms with E-state index in [-0.39, 0.29) is 18.0 Å². The average molecular weight is 437 g/mol. The molecule has 1 fully saturated rings. The Kier molecular flexibility index (Phi) is 9.08. The molecule has 0 amide bonds. The first-order valence-corrected chi connectivity index (χ1v) is 11.0. The third kappa shape index (κ3) is 7.36. The van der Waals surface area contributed by atoms with E-state index in [2.05, 4.69) is 0 Å². The standard InChI is InChI=1S/C27H32O5/c1-4-20(2)10-11-22(28)18-26-19-25(31-27(32-26)21-8-6-5-7-9-21)16-17-30-24-14-12-23(29-3)13-15-24/h4-15,25-27H,16-19H2,1-3H3/b11-10+,20-4-/t25-,26+,27-/m1/s1.